The molecule has 0 aromatic carbocycles. The maximum absolute atomic E-state index is 11.8. The molecule has 2 rings (SSSR count). The Labute approximate surface area is 117 Å². The van der Waals surface area contributed by atoms with E-state index in [1.165, 1.54) is 7.11 Å². The van der Waals surface area contributed by atoms with Crippen LogP contribution in [-0.4, -0.2) is 36.1 Å². The van der Waals surface area contributed by atoms with E-state index < -0.39 is 12.1 Å². The van der Waals surface area contributed by atoms with Crippen molar-refractivity contribution in [1.29, 1.82) is 0 Å². The van der Waals surface area contributed by atoms with Gasteiger partial charge in [0.25, 0.3) is 0 Å². The SMILES string of the molecule is COc1ccc(NC(C)C(=O)NC(=O)NC2CC2)cn1. The number of hydrogen-bond acceptors (Lipinski definition) is 5. The second-order valence-corrected chi connectivity index (χ2v) is 4.69. The molecule has 1 aromatic rings. The molecular formula is C13H18N4O3. The third kappa shape index (κ3) is 4.11. The van der Waals surface area contributed by atoms with Gasteiger partial charge in [-0.3, -0.25) is 10.1 Å². The highest BCUT2D eigenvalue weighted by Gasteiger charge is 2.24. The molecule has 1 fully saturated rings. The standard InChI is InChI=1S/C13H18N4O3/c1-8(12(18)17-13(19)16-9-3-4-9)15-10-5-6-11(20-2)14-7-10/h5-9,15H,3-4H2,1-2H3,(H2,16,17,18,19). The Morgan fingerprint density at radius 3 is 2.70 bits per heavy atom. The first-order valence-electron chi connectivity index (χ1n) is 6.46. The number of rotatable bonds is 5. The number of aromatic nitrogens is 1. The van der Waals surface area contributed by atoms with E-state index >= 15 is 0 Å². The van der Waals surface area contributed by atoms with Gasteiger partial charge in [-0.1, -0.05) is 0 Å². The Morgan fingerprint density at radius 1 is 1.40 bits per heavy atom. The first kappa shape index (κ1) is 14.1. The van der Waals surface area contributed by atoms with Crippen molar-refractivity contribution < 1.29 is 14.3 Å². The number of carbonyl (C=O) groups is 2. The number of ether oxygens (including phenoxy) is 1. The van der Waals surface area contributed by atoms with Gasteiger partial charge in [0.2, 0.25) is 11.8 Å². The highest BCUT2D eigenvalue weighted by atomic mass is 16.5. The molecule has 1 saturated carbocycles. The number of imide groups is 1. The van der Waals surface area contributed by atoms with Crippen LogP contribution >= 0.6 is 0 Å². The van der Waals surface area contributed by atoms with Crippen molar-refractivity contribution in [1.82, 2.24) is 15.6 Å². The first-order chi connectivity index (χ1) is 9.58. The second kappa shape index (κ2) is 6.23. The van der Waals surface area contributed by atoms with Crippen LogP contribution in [0.15, 0.2) is 18.3 Å². The van der Waals surface area contributed by atoms with Gasteiger partial charge in [0.1, 0.15) is 6.04 Å². The normalized spacial score (nSPS) is 15.1. The number of amides is 3. The molecule has 108 valence electrons. The van der Waals surface area contributed by atoms with E-state index in [1.54, 1.807) is 25.3 Å². The van der Waals surface area contributed by atoms with Gasteiger partial charge < -0.3 is 15.4 Å². The first-order valence-corrected chi connectivity index (χ1v) is 6.46. The molecule has 1 aliphatic carbocycles. The molecule has 20 heavy (non-hydrogen) atoms. The Morgan fingerprint density at radius 2 is 2.15 bits per heavy atom. The summed E-state index contributed by atoms with van der Waals surface area (Å²) in [6.07, 6.45) is 3.52. The van der Waals surface area contributed by atoms with Gasteiger partial charge in [0.05, 0.1) is 19.0 Å². The van der Waals surface area contributed by atoms with Crippen LogP contribution in [0.1, 0.15) is 19.8 Å². The van der Waals surface area contributed by atoms with E-state index in [4.69, 9.17) is 4.74 Å². The van der Waals surface area contributed by atoms with Crippen LogP contribution in [0.25, 0.3) is 0 Å². The number of nitrogens with zero attached hydrogens (tertiary/aromatic N) is 1. The molecular weight excluding hydrogens is 260 g/mol. The Hall–Kier alpha value is -2.31. The molecule has 1 heterocycles. The van der Waals surface area contributed by atoms with Crippen molar-refractivity contribution in [2.24, 2.45) is 0 Å². The van der Waals surface area contributed by atoms with Crippen molar-refractivity contribution in [3.05, 3.63) is 18.3 Å². The van der Waals surface area contributed by atoms with E-state index in [1.807, 2.05) is 0 Å². The molecule has 1 aromatic heterocycles. The average molecular weight is 278 g/mol. The number of hydrogen-bond donors (Lipinski definition) is 3. The summed E-state index contributed by atoms with van der Waals surface area (Å²) in [4.78, 5) is 27.3. The molecule has 0 radical (unpaired) electrons. The lowest BCUT2D eigenvalue weighted by molar-refractivity contribution is -0.120. The highest BCUT2D eigenvalue weighted by Crippen LogP contribution is 2.18. The summed E-state index contributed by atoms with van der Waals surface area (Å²) in [5.74, 6) is 0.107. The van der Waals surface area contributed by atoms with Crippen molar-refractivity contribution in [3.63, 3.8) is 0 Å². The summed E-state index contributed by atoms with van der Waals surface area (Å²) >= 11 is 0. The van der Waals surface area contributed by atoms with Crippen molar-refractivity contribution in [2.75, 3.05) is 12.4 Å². The maximum Gasteiger partial charge on any atom is 0.321 e. The molecule has 1 unspecified atom stereocenters. The lowest BCUT2D eigenvalue weighted by Crippen LogP contribution is -2.46. The van der Waals surface area contributed by atoms with Crippen molar-refractivity contribution in [3.8, 4) is 5.88 Å². The van der Waals surface area contributed by atoms with Crippen LogP contribution in [0.5, 0.6) is 5.88 Å². The fourth-order valence-corrected chi connectivity index (χ4v) is 1.57. The quantitative estimate of drug-likeness (QED) is 0.743. The van der Waals surface area contributed by atoms with Crippen molar-refractivity contribution >= 4 is 17.6 Å². The number of urea groups is 1. The minimum Gasteiger partial charge on any atom is -0.481 e. The molecule has 0 spiro atoms. The van der Waals surface area contributed by atoms with E-state index in [0.29, 0.717) is 11.6 Å². The minimum absolute atomic E-state index is 0.219. The zero-order valence-corrected chi connectivity index (χ0v) is 11.5. The topological polar surface area (TPSA) is 92.4 Å². The molecule has 3 N–H and O–H groups in total. The second-order valence-electron chi connectivity index (χ2n) is 4.69. The number of pyridine rings is 1. The van der Waals surface area contributed by atoms with Gasteiger partial charge in [-0.15, -0.1) is 0 Å². The van der Waals surface area contributed by atoms with Crippen molar-refractivity contribution in [2.45, 2.75) is 31.8 Å². The van der Waals surface area contributed by atoms with Gasteiger partial charge in [0, 0.05) is 12.1 Å². The lowest BCUT2D eigenvalue weighted by Gasteiger charge is -2.14. The monoisotopic (exact) mass is 278 g/mol. The largest absolute Gasteiger partial charge is 0.481 e. The lowest BCUT2D eigenvalue weighted by atomic mass is 10.3. The maximum atomic E-state index is 11.8. The third-order valence-corrected chi connectivity index (χ3v) is 2.87. The summed E-state index contributed by atoms with van der Waals surface area (Å²) in [5.41, 5.74) is 0.677. The predicted molar refractivity (Wildman–Crippen MR) is 73.6 cm³/mol. The molecule has 0 saturated heterocycles. The van der Waals surface area contributed by atoms with Gasteiger partial charge in [-0.2, -0.15) is 0 Å². The molecule has 0 bridgehead atoms. The summed E-state index contributed by atoms with van der Waals surface area (Å²) in [6.45, 7) is 1.67. The molecule has 0 aliphatic heterocycles. The van der Waals surface area contributed by atoms with Crippen LogP contribution < -0.4 is 20.7 Å². The fourth-order valence-electron chi connectivity index (χ4n) is 1.57. The van der Waals surface area contributed by atoms with Crippen LogP contribution in [0.2, 0.25) is 0 Å². The van der Waals surface area contributed by atoms with Gasteiger partial charge in [0.15, 0.2) is 0 Å². The number of anilines is 1. The summed E-state index contributed by atoms with van der Waals surface area (Å²) in [5, 5.41) is 7.95. The van der Waals surface area contributed by atoms with E-state index in [2.05, 4.69) is 20.9 Å². The number of carbonyl (C=O) groups excluding carboxylic acids is 2. The fraction of sp³-hybridized carbons (Fsp3) is 0.462. The predicted octanol–water partition coefficient (Wildman–Crippen LogP) is 0.879. The summed E-state index contributed by atoms with van der Waals surface area (Å²) in [6, 6.07) is 2.66. The molecule has 7 heteroatoms. The zero-order valence-electron chi connectivity index (χ0n) is 11.5. The molecule has 3 amide bonds. The van der Waals surface area contributed by atoms with Crippen LogP contribution in [-0.2, 0) is 4.79 Å². The minimum atomic E-state index is -0.546. The van der Waals surface area contributed by atoms with Crippen LogP contribution in [0, 0.1) is 0 Å². The molecule has 1 atom stereocenters. The Bertz CT molecular complexity index is 485. The average Bonchev–Trinajstić information content (AvgIpc) is 3.23. The van der Waals surface area contributed by atoms with E-state index in [0.717, 1.165) is 12.8 Å². The zero-order chi connectivity index (χ0) is 14.5. The van der Waals surface area contributed by atoms with Gasteiger partial charge in [-0.25, -0.2) is 9.78 Å². The summed E-state index contributed by atoms with van der Waals surface area (Å²) in [7, 11) is 1.53. The van der Waals surface area contributed by atoms with Crippen LogP contribution in [0.4, 0.5) is 10.5 Å². The highest BCUT2D eigenvalue weighted by molar-refractivity contribution is 5.98. The third-order valence-electron chi connectivity index (χ3n) is 2.87. The molecule has 1 aliphatic rings. The Kier molecular flexibility index (Phi) is 4.39. The molecule has 7 nitrogen and oxygen atoms in total. The van der Waals surface area contributed by atoms with E-state index in [-0.39, 0.29) is 11.9 Å². The summed E-state index contributed by atoms with van der Waals surface area (Å²) < 4.78 is 4.95. The van der Waals surface area contributed by atoms with E-state index in [9.17, 15) is 9.59 Å². The number of nitrogens with one attached hydrogen (secondary N) is 3. The number of methoxy groups -OCH3 is 1. The van der Waals surface area contributed by atoms with Crippen LogP contribution in [0.3, 0.4) is 0 Å². The van der Waals surface area contributed by atoms with Gasteiger partial charge in [-0.05, 0) is 25.8 Å². The smallest absolute Gasteiger partial charge is 0.321 e. The Balaban J connectivity index is 1.81. The van der Waals surface area contributed by atoms with Gasteiger partial charge >= 0.3 is 6.03 Å².